The maximum Gasteiger partial charge on any atom is 0.320 e. The number of hydrogen-bond donors (Lipinski definition) is 3. The van der Waals surface area contributed by atoms with Crippen molar-refractivity contribution in [1.82, 2.24) is 0 Å². The van der Waals surface area contributed by atoms with Crippen LogP contribution in [-0.2, 0) is 4.79 Å². The predicted molar refractivity (Wildman–Crippen MR) is 56.1 cm³/mol. The molecule has 0 saturated heterocycles. The van der Waals surface area contributed by atoms with E-state index in [4.69, 9.17) is 16.6 Å². The molecular formula is C9H17N3O2. The molecule has 0 spiro atoms. The van der Waals surface area contributed by atoms with Gasteiger partial charge in [-0.2, -0.15) is 0 Å². The molecule has 0 saturated carbocycles. The van der Waals surface area contributed by atoms with E-state index >= 15 is 0 Å². The maximum atomic E-state index is 10.3. The van der Waals surface area contributed by atoms with Gasteiger partial charge in [0.25, 0.3) is 0 Å². The van der Waals surface area contributed by atoms with Crippen molar-refractivity contribution in [2.75, 3.05) is 6.54 Å². The first kappa shape index (κ1) is 12.6. The Morgan fingerprint density at radius 2 is 2.21 bits per heavy atom. The quantitative estimate of drug-likeness (QED) is 0.244. The highest BCUT2D eigenvalue weighted by molar-refractivity contribution is 5.77. The first-order valence-corrected chi connectivity index (χ1v) is 4.44. The fourth-order valence-corrected chi connectivity index (χ4v) is 0.777. The number of aliphatic carboxylic acids is 1. The summed E-state index contributed by atoms with van der Waals surface area (Å²) in [5.74, 6) is -0.425. The first-order valence-electron chi connectivity index (χ1n) is 4.44. The number of aliphatic imine (C=N–C) groups is 1. The smallest absolute Gasteiger partial charge is 0.320 e. The van der Waals surface area contributed by atoms with Crippen molar-refractivity contribution in [3.63, 3.8) is 0 Å². The van der Waals surface area contributed by atoms with Gasteiger partial charge < -0.3 is 16.6 Å². The third-order valence-corrected chi connectivity index (χ3v) is 1.53. The number of rotatable bonds is 6. The summed E-state index contributed by atoms with van der Waals surface area (Å²) in [7, 11) is 0. The predicted octanol–water partition coefficient (Wildman–Crippen LogP) is 0.112. The summed E-state index contributed by atoms with van der Waals surface area (Å²) < 4.78 is 0. The molecular weight excluding hydrogens is 182 g/mol. The van der Waals surface area contributed by atoms with E-state index < -0.39 is 12.0 Å². The van der Waals surface area contributed by atoms with Gasteiger partial charge in [-0.3, -0.25) is 9.79 Å². The Bertz CT molecular complexity index is 232. The van der Waals surface area contributed by atoms with Gasteiger partial charge >= 0.3 is 5.97 Å². The molecule has 5 heteroatoms. The normalized spacial score (nSPS) is 14.6. The number of nitrogens with zero attached hydrogens (tertiary/aromatic N) is 1. The summed E-state index contributed by atoms with van der Waals surface area (Å²) in [6, 6.07) is -0.814. The van der Waals surface area contributed by atoms with Crippen molar-refractivity contribution < 1.29 is 9.90 Å². The Hall–Kier alpha value is -1.36. The zero-order chi connectivity index (χ0) is 11.0. The lowest BCUT2D eigenvalue weighted by Crippen LogP contribution is -2.29. The lowest BCUT2D eigenvalue weighted by Gasteiger charge is -1.99. The molecule has 5 nitrogen and oxygen atoms in total. The van der Waals surface area contributed by atoms with Crippen LogP contribution >= 0.6 is 0 Å². The molecule has 0 rings (SSSR count). The van der Waals surface area contributed by atoms with E-state index in [-0.39, 0.29) is 0 Å². The minimum absolute atomic E-state index is 0.348. The molecule has 0 aromatic carbocycles. The summed E-state index contributed by atoms with van der Waals surface area (Å²) in [5.41, 5.74) is 10.6. The van der Waals surface area contributed by atoms with Crippen LogP contribution in [0.1, 0.15) is 19.8 Å². The topological polar surface area (TPSA) is 102 Å². The Labute approximate surface area is 83.5 Å². The van der Waals surface area contributed by atoms with Crippen LogP contribution in [0.2, 0.25) is 0 Å². The highest BCUT2D eigenvalue weighted by atomic mass is 16.4. The van der Waals surface area contributed by atoms with Gasteiger partial charge in [0.05, 0.1) is 5.84 Å². The molecule has 1 atom stereocenters. The van der Waals surface area contributed by atoms with Gasteiger partial charge in [-0.1, -0.05) is 12.2 Å². The van der Waals surface area contributed by atoms with Crippen LogP contribution in [-0.4, -0.2) is 29.5 Å². The first-order chi connectivity index (χ1) is 6.54. The fraction of sp³-hybridized carbons (Fsp3) is 0.556. The molecule has 0 aliphatic rings. The second kappa shape index (κ2) is 7.08. The monoisotopic (exact) mass is 199 g/mol. The number of carboxylic acids is 1. The molecule has 0 unspecified atom stereocenters. The zero-order valence-corrected chi connectivity index (χ0v) is 8.31. The largest absolute Gasteiger partial charge is 0.480 e. The van der Waals surface area contributed by atoms with E-state index in [0.29, 0.717) is 18.8 Å². The number of amidine groups is 1. The molecule has 0 fully saturated rings. The van der Waals surface area contributed by atoms with Gasteiger partial charge in [0.2, 0.25) is 0 Å². The summed E-state index contributed by atoms with van der Waals surface area (Å²) in [6.07, 6.45) is 4.71. The van der Waals surface area contributed by atoms with Gasteiger partial charge in [-0.05, 0) is 19.8 Å². The van der Waals surface area contributed by atoms with Gasteiger partial charge in [0.15, 0.2) is 0 Å². The molecule has 80 valence electrons. The van der Waals surface area contributed by atoms with Crippen molar-refractivity contribution in [2.24, 2.45) is 16.5 Å². The molecule has 0 bridgehead atoms. The summed E-state index contributed by atoms with van der Waals surface area (Å²) in [5, 5.41) is 8.46. The third kappa shape index (κ3) is 7.30. The molecule has 0 amide bonds. The van der Waals surface area contributed by atoms with Crippen LogP contribution < -0.4 is 11.5 Å². The maximum absolute atomic E-state index is 10.3. The van der Waals surface area contributed by atoms with Crippen molar-refractivity contribution in [1.29, 1.82) is 0 Å². The van der Waals surface area contributed by atoms with Crippen LogP contribution in [0.5, 0.6) is 0 Å². The Balaban J connectivity index is 3.55. The van der Waals surface area contributed by atoms with Crippen molar-refractivity contribution in [3.05, 3.63) is 12.2 Å². The Kier molecular flexibility index (Phi) is 6.39. The minimum Gasteiger partial charge on any atom is -0.480 e. The van der Waals surface area contributed by atoms with E-state index in [1.54, 1.807) is 13.0 Å². The summed E-state index contributed by atoms with van der Waals surface area (Å²) in [6.45, 7) is 2.35. The molecule has 0 aliphatic heterocycles. The van der Waals surface area contributed by atoms with E-state index in [2.05, 4.69) is 4.99 Å². The number of hydrogen-bond acceptors (Lipinski definition) is 3. The van der Waals surface area contributed by atoms with Crippen LogP contribution in [0, 0.1) is 0 Å². The van der Waals surface area contributed by atoms with Crippen molar-refractivity contribution in [3.8, 4) is 0 Å². The van der Waals surface area contributed by atoms with E-state index in [1.807, 2.05) is 6.08 Å². The molecule has 0 aromatic heterocycles. The molecule has 0 aliphatic carbocycles. The van der Waals surface area contributed by atoms with Gasteiger partial charge in [0, 0.05) is 6.54 Å². The van der Waals surface area contributed by atoms with Crippen LogP contribution in [0.4, 0.5) is 0 Å². The molecule has 0 aromatic rings. The zero-order valence-electron chi connectivity index (χ0n) is 8.31. The molecule has 14 heavy (non-hydrogen) atoms. The summed E-state index contributed by atoms with van der Waals surface area (Å²) in [4.78, 5) is 14.3. The molecule has 5 N–H and O–H groups in total. The minimum atomic E-state index is -0.981. The average molecular weight is 199 g/mol. The van der Waals surface area contributed by atoms with Crippen molar-refractivity contribution in [2.45, 2.75) is 25.8 Å². The highest BCUT2D eigenvalue weighted by Crippen LogP contribution is 1.92. The fourth-order valence-electron chi connectivity index (χ4n) is 0.777. The lowest BCUT2D eigenvalue weighted by atomic mass is 10.2. The molecule has 0 heterocycles. The van der Waals surface area contributed by atoms with E-state index in [0.717, 1.165) is 6.42 Å². The van der Waals surface area contributed by atoms with Crippen molar-refractivity contribution >= 4 is 11.8 Å². The van der Waals surface area contributed by atoms with Crippen LogP contribution in [0.3, 0.4) is 0 Å². The van der Waals surface area contributed by atoms with Crippen LogP contribution in [0.25, 0.3) is 0 Å². The Morgan fingerprint density at radius 1 is 1.57 bits per heavy atom. The van der Waals surface area contributed by atoms with Crippen LogP contribution in [0.15, 0.2) is 17.1 Å². The third-order valence-electron chi connectivity index (χ3n) is 1.53. The van der Waals surface area contributed by atoms with Gasteiger partial charge in [0.1, 0.15) is 6.04 Å². The number of carboxylic acid groups (broad SMARTS) is 1. The van der Waals surface area contributed by atoms with Gasteiger partial charge in [-0.15, -0.1) is 0 Å². The Morgan fingerprint density at radius 3 is 2.71 bits per heavy atom. The average Bonchev–Trinajstić information content (AvgIpc) is 2.09. The second-order valence-corrected chi connectivity index (χ2v) is 2.96. The lowest BCUT2D eigenvalue weighted by molar-refractivity contribution is -0.138. The standard InChI is InChI=1S/C9H17N3O2/c1-7(10)12-6-4-2-3-5-8(11)9(13)14/h2-3,8H,4-6,11H2,1H3,(H2,10,12)(H,13,14)/b3-2+/t8-/m0/s1. The van der Waals surface area contributed by atoms with E-state index in [1.165, 1.54) is 0 Å². The summed E-state index contributed by atoms with van der Waals surface area (Å²) >= 11 is 0. The number of nitrogens with two attached hydrogens (primary N) is 2. The molecule has 0 radical (unpaired) electrons. The van der Waals surface area contributed by atoms with Gasteiger partial charge in [-0.25, -0.2) is 0 Å². The van der Waals surface area contributed by atoms with E-state index in [9.17, 15) is 4.79 Å². The number of carbonyl (C=O) groups is 1. The second-order valence-electron chi connectivity index (χ2n) is 2.96. The SMILES string of the molecule is CC(N)=NCC/C=C/C[C@H](N)C(=O)O. The highest BCUT2D eigenvalue weighted by Gasteiger charge is 2.07.